The molecule has 0 radical (unpaired) electrons. The third kappa shape index (κ3) is 3.58. The number of hydrogen-bond donors (Lipinski definition) is 2. The first-order chi connectivity index (χ1) is 11.7. The van der Waals surface area contributed by atoms with Crippen molar-refractivity contribution in [1.82, 2.24) is 25.0 Å². The van der Waals surface area contributed by atoms with Crippen LogP contribution in [0.15, 0.2) is 30.9 Å². The lowest BCUT2D eigenvalue weighted by atomic mass is 10.1. The molecule has 2 amide bonds. The number of phenolic OH excluding ortho intramolecular Hbond substituents is 1. The molecule has 8 nitrogen and oxygen atoms in total. The van der Waals surface area contributed by atoms with Crippen molar-refractivity contribution in [3.05, 3.63) is 36.4 Å². The van der Waals surface area contributed by atoms with E-state index in [1.165, 1.54) is 13.4 Å². The summed E-state index contributed by atoms with van der Waals surface area (Å²) in [6.07, 6.45) is 5.12. The molecule has 0 spiro atoms. The molecule has 8 heteroatoms. The molecule has 0 bridgehead atoms. The zero-order chi connectivity index (χ0) is 16.9. The van der Waals surface area contributed by atoms with Crippen molar-refractivity contribution in [2.24, 2.45) is 0 Å². The minimum Gasteiger partial charge on any atom is -0.504 e. The molecule has 2 heterocycles. The first-order valence-corrected chi connectivity index (χ1v) is 7.90. The molecule has 1 fully saturated rings. The van der Waals surface area contributed by atoms with E-state index in [9.17, 15) is 9.90 Å². The van der Waals surface area contributed by atoms with Gasteiger partial charge in [-0.25, -0.2) is 14.5 Å². The van der Waals surface area contributed by atoms with Crippen molar-refractivity contribution in [3.8, 4) is 11.5 Å². The molecule has 128 valence electrons. The average molecular weight is 331 g/mol. The number of aromatic nitrogens is 3. The number of rotatable bonds is 4. The summed E-state index contributed by atoms with van der Waals surface area (Å²) in [6.45, 7) is 1.73. The summed E-state index contributed by atoms with van der Waals surface area (Å²) < 4.78 is 6.89. The van der Waals surface area contributed by atoms with E-state index in [1.54, 1.807) is 29.4 Å². The highest BCUT2D eigenvalue weighted by atomic mass is 16.5. The van der Waals surface area contributed by atoms with Gasteiger partial charge < -0.3 is 20.1 Å². The molecule has 1 aliphatic rings. The van der Waals surface area contributed by atoms with Crippen LogP contribution in [0.1, 0.15) is 24.4 Å². The summed E-state index contributed by atoms with van der Waals surface area (Å²) in [7, 11) is 1.50. The lowest BCUT2D eigenvalue weighted by Gasteiger charge is -2.32. The van der Waals surface area contributed by atoms with Crippen LogP contribution in [0.3, 0.4) is 0 Å². The number of piperidine rings is 1. The Morgan fingerprint density at radius 3 is 3.12 bits per heavy atom. The largest absolute Gasteiger partial charge is 0.504 e. The number of carbonyl (C=O) groups is 1. The fraction of sp³-hybridized carbons (Fsp3) is 0.438. The maximum absolute atomic E-state index is 12.4. The Hall–Kier alpha value is -2.77. The topological polar surface area (TPSA) is 92.5 Å². The molecule has 1 aromatic heterocycles. The third-order valence-corrected chi connectivity index (χ3v) is 4.18. The third-order valence-electron chi connectivity index (χ3n) is 4.18. The number of nitrogens with zero attached hydrogens (tertiary/aromatic N) is 4. The molecule has 1 saturated heterocycles. The van der Waals surface area contributed by atoms with Gasteiger partial charge in [-0.05, 0) is 30.5 Å². The van der Waals surface area contributed by atoms with E-state index in [0.29, 0.717) is 18.8 Å². The van der Waals surface area contributed by atoms with E-state index in [1.807, 2.05) is 4.68 Å². The first-order valence-electron chi connectivity index (χ1n) is 7.90. The van der Waals surface area contributed by atoms with Crippen LogP contribution in [0.5, 0.6) is 11.5 Å². The normalized spacial score (nSPS) is 17.5. The lowest BCUT2D eigenvalue weighted by molar-refractivity contribution is 0.163. The summed E-state index contributed by atoms with van der Waals surface area (Å²) in [5.74, 6) is 0.477. The number of amides is 2. The smallest absolute Gasteiger partial charge is 0.317 e. The van der Waals surface area contributed by atoms with Crippen LogP contribution >= 0.6 is 0 Å². The van der Waals surface area contributed by atoms with Gasteiger partial charge in [0.25, 0.3) is 0 Å². The van der Waals surface area contributed by atoms with E-state index in [-0.39, 0.29) is 17.8 Å². The monoisotopic (exact) mass is 331 g/mol. The van der Waals surface area contributed by atoms with Crippen LogP contribution in [-0.2, 0) is 6.54 Å². The van der Waals surface area contributed by atoms with Gasteiger partial charge in [0.15, 0.2) is 11.5 Å². The highest BCUT2D eigenvalue weighted by Crippen LogP contribution is 2.26. The SMILES string of the molecule is COc1cc(CNC(=O)N2CCC[C@H](n3cncn3)C2)ccc1O. The number of hydrogen-bond acceptors (Lipinski definition) is 5. The minimum atomic E-state index is -0.105. The van der Waals surface area contributed by atoms with Crippen LogP contribution in [0.2, 0.25) is 0 Å². The number of urea groups is 1. The Morgan fingerprint density at radius 2 is 2.38 bits per heavy atom. The predicted molar refractivity (Wildman–Crippen MR) is 86.8 cm³/mol. The lowest BCUT2D eigenvalue weighted by Crippen LogP contribution is -2.45. The van der Waals surface area contributed by atoms with E-state index in [0.717, 1.165) is 24.9 Å². The molecule has 0 aliphatic carbocycles. The zero-order valence-corrected chi connectivity index (χ0v) is 13.6. The van der Waals surface area contributed by atoms with Crippen molar-refractivity contribution >= 4 is 6.03 Å². The highest BCUT2D eigenvalue weighted by molar-refractivity contribution is 5.74. The summed E-state index contributed by atoms with van der Waals surface area (Å²) in [6, 6.07) is 5.09. The Morgan fingerprint density at radius 1 is 1.50 bits per heavy atom. The number of phenols is 1. The van der Waals surface area contributed by atoms with Crippen molar-refractivity contribution < 1.29 is 14.6 Å². The van der Waals surface area contributed by atoms with Crippen molar-refractivity contribution in [2.45, 2.75) is 25.4 Å². The van der Waals surface area contributed by atoms with E-state index < -0.39 is 0 Å². The van der Waals surface area contributed by atoms with Gasteiger partial charge in [0.1, 0.15) is 12.7 Å². The van der Waals surface area contributed by atoms with Gasteiger partial charge in [-0.2, -0.15) is 5.10 Å². The summed E-state index contributed by atoms with van der Waals surface area (Å²) in [5, 5.41) is 16.7. The second-order valence-corrected chi connectivity index (χ2v) is 5.78. The summed E-state index contributed by atoms with van der Waals surface area (Å²) >= 11 is 0. The zero-order valence-electron chi connectivity index (χ0n) is 13.6. The standard InChI is InChI=1S/C16H21N5O3/c1-24-15-7-12(4-5-14(15)22)8-18-16(23)20-6-2-3-13(9-20)21-11-17-10-19-21/h4-5,7,10-11,13,22H,2-3,6,8-9H2,1H3,(H,18,23)/t13-/m0/s1. The quantitative estimate of drug-likeness (QED) is 0.886. The van der Waals surface area contributed by atoms with Crippen LogP contribution < -0.4 is 10.1 Å². The van der Waals surface area contributed by atoms with E-state index in [4.69, 9.17) is 4.74 Å². The molecule has 2 aromatic rings. The van der Waals surface area contributed by atoms with Gasteiger partial charge in [0, 0.05) is 19.6 Å². The molecule has 1 atom stereocenters. The number of nitrogens with one attached hydrogen (secondary N) is 1. The predicted octanol–water partition coefficient (Wildman–Crippen LogP) is 1.54. The summed E-state index contributed by atoms with van der Waals surface area (Å²) in [4.78, 5) is 18.2. The molecular weight excluding hydrogens is 310 g/mol. The van der Waals surface area contributed by atoms with E-state index >= 15 is 0 Å². The molecule has 1 aliphatic heterocycles. The van der Waals surface area contributed by atoms with Gasteiger partial charge >= 0.3 is 6.03 Å². The Labute approximate surface area is 140 Å². The van der Waals surface area contributed by atoms with Gasteiger partial charge in [-0.1, -0.05) is 6.07 Å². The molecule has 2 N–H and O–H groups in total. The number of aromatic hydroxyl groups is 1. The van der Waals surface area contributed by atoms with Gasteiger partial charge in [-0.15, -0.1) is 0 Å². The first kappa shape index (κ1) is 16.1. The molecular formula is C16H21N5O3. The Balaban J connectivity index is 1.56. The fourth-order valence-electron chi connectivity index (χ4n) is 2.88. The second-order valence-electron chi connectivity index (χ2n) is 5.78. The number of methoxy groups -OCH3 is 1. The van der Waals surface area contributed by atoms with Gasteiger partial charge in [0.05, 0.1) is 13.2 Å². The number of likely N-dealkylation sites (tertiary alicyclic amines) is 1. The highest BCUT2D eigenvalue weighted by Gasteiger charge is 2.25. The number of benzene rings is 1. The Kier molecular flexibility index (Phi) is 4.83. The van der Waals surface area contributed by atoms with Crippen molar-refractivity contribution in [1.29, 1.82) is 0 Å². The van der Waals surface area contributed by atoms with Crippen LogP contribution in [0.25, 0.3) is 0 Å². The minimum absolute atomic E-state index is 0.0827. The van der Waals surface area contributed by atoms with Crippen molar-refractivity contribution in [2.75, 3.05) is 20.2 Å². The molecule has 1 aromatic carbocycles. The van der Waals surface area contributed by atoms with Crippen molar-refractivity contribution in [3.63, 3.8) is 0 Å². The molecule has 0 unspecified atom stereocenters. The molecule has 0 saturated carbocycles. The van der Waals surface area contributed by atoms with Gasteiger partial charge in [0.2, 0.25) is 0 Å². The number of ether oxygens (including phenoxy) is 1. The van der Waals surface area contributed by atoms with Crippen LogP contribution in [-0.4, -0.2) is 51.0 Å². The molecule has 24 heavy (non-hydrogen) atoms. The summed E-state index contributed by atoms with van der Waals surface area (Å²) in [5.41, 5.74) is 0.864. The fourth-order valence-corrected chi connectivity index (χ4v) is 2.88. The van der Waals surface area contributed by atoms with Crippen LogP contribution in [0.4, 0.5) is 4.79 Å². The average Bonchev–Trinajstić information content (AvgIpc) is 3.15. The van der Waals surface area contributed by atoms with Gasteiger partial charge in [-0.3, -0.25) is 0 Å². The molecule has 3 rings (SSSR count). The second kappa shape index (κ2) is 7.20. The maximum atomic E-state index is 12.4. The maximum Gasteiger partial charge on any atom is 0.317 e. The van der Waals surface area contributed by atoms with E-state index in [2.05, 4.69) is 15.4 Å². The number of carbonyl (C=O) groups excluding carboxylic acids is 1. The Bertz CT molecular complexity index is 689. The van der Waals surface area contributed by atoms with Crippen LogP contribution in [0, 0.1) is 0 Å².